The van der Waals surface area contributed by atoms with E-state index in [0.717, 1.165) is 11.1 Å². The molecule has 0 radical (unpaired) electrons. The van der Waals surface area contributed by atoms with Crippen molar-refractivity contribution in [1.82, 2.24) is 10.6 Å². The van der Waals surface area contributed by atoms with Crippen LogP contribution in [0.25, 0.3) is 0 Å². The zero-order valence-electron chi connectivity index (χ0n) is 17.0. The van der Waals surface area contributed by atoms with Gasteiger partial charge in [0.2, 0.25) is 11.8 Å². The molecule has 0 aliphatic rings. The Morgan fingerprint density at radius 2 is 1.10 bits per heavy atom. The molecule has 2 rings (SSSR count). The Hall–Kier alpha value is -2.70. The maximum absolute atomic E-state index is 12.7. The van der Waals surface area contributed by atoms with E-state index in [4.69, 9.17) is 0 Å². The highest BCUT2D eigenvalue weighted by Crippen LogP contribution is 2.17. The summed E-state index contributed by atoms with van der Waals surface area (Å²) in [6.45, 7) is 2.61. The number of hydrogen-bond acceptors (Lipinski definition) is 4. The lowest BCUT2D eigenvalue weighted by Crippen LogP contribution is -2.54. The predicted molar refractivity (Wildman–Crippen MR) is 112 cm³/mol. The van der Waals surface area contributed by atoms with Crippen molar-refractivity contribution in [2.24, 2.45) is 5.41 Å². The van der Waals surface area contributed by atoms with Crippen LogP contribution in [0.3, 0.4) is 0 Å². The van der Waals surface area contributed by atoms with E-state index >= 15 is 0 Å². The largest absolute Gasteiger partial charge is 0.394 e. The lowest BCUT2D eigenvalue weighted by atomic mass is 9.89. The molecule has 0 saturated heterocycles. The highest BCUT2D eigenvalue weighted by molar-refractivity contribution is 6.04. The summed E-state index contributed by atoms with van der Waals surface area (Å²) in [6.07, 6.45) is 0.933. The third-order valence-corrected chi connectivity index (χ3v) is 4.90. The summed E-state index contributed by atoms with van der Waals surface area (Å²) in [4.78, 5) is 25.5. The van der Waals surface area contributed by atoms with Gasteiger partial charge >= 0.3 is 0 Å². The third kappa shape index (κ3) is 6.69. The molecule has 6 heteroatoms. The highest BCUT2D eigenvalue weighted by Gasteiger charge is 2.37. The number of nitrogens with one attached hydrogen (secondary N) is 2. The third-order valence-electron chi connectivity index (χ3n) is 4.90. The fourth-order valence-corrected chi connectivity index (χ4v) is 2.95. The van der Waals surface area contributed by atoms with Gasteiger partial charge in [0, 0.05) is 0 Å². The molecule has 2 aromatic carbocycles. The minimum absolute atomic E-state index is 0.231. The van der Waals surface area contributed by atoms with E-state index in [2.05, 4.69) is 10.6 Å². The lowest BCUT2D eigenvalue weighted by Gasteiger charge is -2.28. The van der Waals surface area contributed by atoms with Gasteiger partial charge in [-0.05, 0) is 37.8 Å². The smallest absolute Gasteiger partial charge is 0.235 e. The van der Waals surface area contributed by atoms with Crippen molar-refractivity contribution in [2.45, 2.75) is 38.8 Å². The zero-order chi connectivity index (χ0) is 21.3. The van der Waals surface area contributed by atoms with Crippen molar-refractivity contribution in [3.63, 3.8) is 0 Å². The number of carbonyl (C=O) groups is 2. The van der Waals surface area contributed by atoms with Gasteiger partial charge in [-0.25, -0.2) is 0 Å². The molecule has 0 aliphatic heterocycles. The first-order chi connectivity index (χ1) is 13.9. The zero-order valence-corrected chi connectivity index (χ0v) is 17.0. The molecule has 2 amide bonds. The topological polar surface area (TPSA) is 98.7 Å². The Labute approximate surface area is 172 Å². The van der Waals surface area contributed by atoms with E-state index in [-0.39, 0.29) is 13.2 Å². The Morgan fingerprint density at radius 1 is 0.759 bits per heavy atom. The number of rotatable bonds is 10. The average Bonchev–Trinajstić information content (AvgIpc) is 2.73. The summed E-state index contributed by atoms with van der Waals surface area (Å²) in [6, 6.07) is 18.1. The number of aliphatic hydroxyl groups excluding tert-OH is 2. The Bertz CT molecular complexity index is 712. The summed E-state index contributed by atoms with van der Waals surface area (Å²) < 4.78 is 0. The molecule has 0 heterocycles. The molecular formula is C23H30N2O4. The summed E-state index contributed by atoms with van der Waals surface area (Å²) >= 11 is 0. The molecule has 0 aromatic heterocycles. The normalized spacial score (nSPS) is 13.4. The standard InChI is InChI=1S/C23H30N2O4/c1-23(2,21(28)24-19(15-26)13-17-9-5-3-6-10-17)22(29)25-20(16-27)14-18-11-7-4-8-12-18/h3-12,19-20,26-27H,13-16H2,1-2H3,(H,24,28)(H,25,29)/t19-,20-/m1/s1. The van der Waals surface area contributed by atoms with Crippen LogP contribution in [-0.4, -0.2) is 47.3 Å². The van der Waals surface area contributed by atoms with E-state index < -0.39 is 29.3 Å². The van der Waals surface area contributed by atoms with E-state index in [9.17, 15) is 19.8 Å². The van der Waals surface area contributed by atoms with Crippen LogP contribution >= 0.6 is 0 Å². The van der Waals surface area contributed by atoms with Crippen LogP contribution in [0.1, 0.15) is 25.0 Å². The molecule has 4 N–H and O–H groups in total. The van der Waals surface area contributed by atoms with Crippen LogP contribution in [0, 0.1) is 5.41 Å². The molecule has 156 valence electrons. The lowest BCUT2D eigenvalue weighted by molar-refractivity contribution is -0.142. The summed E-state index contributed by atoms with van der Waals surface area (Å²) in [5, 5.41) is 24.8. The monoisotopic (exact) mass is 398 g/mol. The molecule has 0 unspecified atom stereocenters. The summed E-state index contributed by atoms with van der Waals surface area (Å²) in [7, 11) is 0. The van der Waals surface area contributed by atoms with Gasteiger partial charge in [0.05, 0.1) is 25.3 Å². The van der Waals surface area contributed by atoms with Crippen LogP contribution in [0.5, 0.6) is 0 Å². The molecule has 2 aromatic rings. The second-order valence-electron chi connectivity index (χ2n) is 7.71. The average molecular weight is 399 g/mol. The first-order valence-corrected chi connectivity index (χ1v) is 9.78. The first-order valence-electron chi connectivity index (χ1n) is 9.78. The summed E-state index contributed by atoms with van der Waals surface area (Å²) in [5.41, 5.74) is 0.614. The number of aliphatic hydroxyl groups is 2. The quantitative estimate of drug-likeness (QED) is 0.455. The SMILES string of the molecule is CC(C)(C(=O)N[C@@H](CO)Cc1ccccc1)C(=O)N[C@@H](CO)Cc1ccccc1. The van der Waals surface area contributed by atoms with Gasteiger partial charge in [-0.3, -0.25) is 9.59 Å². The van der Waals surface area contributed by atoms with Gasteiger partial charge in [0.15, 0.2) is 0 Å². The van der Waals surface area contributed by atoms with Crippen LogP contribution in [-0.2, 0) is 22.4 Å². The fourth-order valence-electron chi connectivity index (χ4n) is 2.95. The molecule has 0 saturated carbocycles. The van der Waals surface area contributed by atoms with Crippen LogP contribution < -0.4 is 10.6 Å². The summed E-state index contributed by atoms with van der Waals surface area (Å²) in [5.74, 6) is -0.942. The fraction of sp³-hybridized carbons (Fsp3) is 0.391. The molecule has 29 heavy (non-hydrogen) atoms. The second-order valence-corrected chi connectivity index (χ2v) is 7.71. The van der Waals surface area contributed by atoms with Gasteiger partial charge in [-0.15, -0.1) is 0 Å². The molecule has 0 spiro atoms. The Kier molecular flexibility index (Phi) is 8.36. The van der Waals surface area contributed by atoms with Gasteiger partial charge in [0.25, 0.3) is 0 Å². The van der Waals surface area contributed by atoms with E-state index in [1.54, 1.807) is 0 Å². The number of hydrogen-bond donors (Lipinski definition) is 4. The Morgan fingerprint density at radius 3 is 1.41 bits per heavy atom. The highest BCUT2D eigenvalue weighted by atomic mass is 16.3. The maximum atomic E-state index is 12.7. The van der Waals surface area contributed by atoms with Gasteiger partial charge in [-0.1, -0.05) is 60.7 Å². The number of carbonyl (C=O) groups excluding carboxylic acids is 2. The van der Waals surface area contributed by atoms with Crippen molar-refractivity contribution in [1.29, 1.82) is 0 Å². The van der Waals surface area contributed by atoms with Crippen LogP contribution in [0.4, 0.5) is 0 Å². The van der Waals surface area contributed by atoms with Crippen molar-refractivity contribution in [3.8, 4) is 0 Å². The maximum Gasteiger partial charge on any atom is 0.235 e. The van der Waals surface area contributed by atoms with E-state index in [1.807, 2.05) is 60.7 Å². The molecule has 0 bridgehead atoms. The predicted octanol–water partition coefficient (Wildman–Crippen LogP) is 1.45. The van der Waals surface area contributed by atoms with E-state index in [0.29, 0.717) is 12.8 Å². The van der Waals surface area contributed by atoms with Crippen molar-refractivity contribution in [2.75, 3.05) is 13.2 Å². The second kappa shape index (κ2) is 10.7. The van der Waals surface area contributed by atoms with Gasteiger partial charge in [0.1, 0.15) is 5.41 Å². The van der Waals surface area contributed by atoms with Crippen molar-refractivity contribution >= 4 is 11.8 Å². The van der Waals surface area contributed by atoms with Crippen LogP contribution in [0.2, 0.25) is 0 Å². The Balaban J connectivity index is 1.97. The molecule has 2 atom stereocenters. The molecule has 6 nitrogen and oxygen atoms in total. The van der Waals surface area contributed by atoms with E-state index in [1.165, 1.54) is 13.8 Å². The molecular weight excluding hydrogens is 368 g/mol. The first kappa shape index (κ1) is 22.6. The minimum atomic E-state index is -1.35. The molecule has 0 aliphatic carbocycles. The molecule has 0 fully saturated rings. The van der Waals surface area contributed by atoms with Crippen molar-refractivity contribution < 1.29 is 19.8 Å². The van der Waals surface area contributed by atoms with Gasteiger partial charge < -0.3 is 20.8 Å². The van der Waals surface area contributed by atoms with Crippen molar-refractivity contribution in [3.05, 3.63) is 71.8 Å². The number of amides is 2. The van der Waals surface area contributed by atoms with Gasteiger partial charge in [-0.2, -0.15) is 0 Å². The number of benzene rings is 2. The minimum Gasteiger partial charge on any atom is -0.394 e. The van der Waals surface area contributed by atoms with Crippen LogP contribution in [0.15, 0.2) is 60.7 Å².